The molecule has 92 valence electrons. The SMILES string of the molecule is C/C=C(/C=NCCCCCC)CC(=O)OC. The third-order valence-corrected chi connectivity index (χ3v) is 2.34. The number of carbonyl (C=O) groups is 1. The zero-order chi connectivity index (χ0) is 12.2. The second kappa shape index (κ2) is 10.4. The number of allylic oxidation sites excluding steroid dienone is 1. The van der Waals surface area contributed by atoms with Crippen LogP contribution in [-0.2, 0) is 9.53 Å². The Hall–Kier alpha value is -1.12. The lowest BCUT2D eigenvalue weighted by molar-refractivity contribution is -0.139. The molecule has 16 heavy (non-hydrogen) atoms. The highest BCUT2D eigenvalue weighted by molar-refractivity contribution is 5.86. The van der Waals surface area contributed by atoms with Crippen molar-refractivity contribution in [2.24, 2.45) is 4.99 Å². The van der Waals surface area contributed by atoms with Gasteiger partial charge < -0.3 is 4.74 Å². The summed E-state index contributed by atoms with van der Waals surface area (Å²) in [5.41, 5.74) is 0.919. The van der Waals surface area contributed by atoms with Crippen molar-refractivity contribution in [1.82, 2.24) is 0 Å². The highest BCUT2D eigenvalue weighted by atomic mass is 16.5. The van der Waals surface area contributed by atoms with E-state index in [1.807, 2.05) is 13.0 Å². The van der Waals surface area contributed by atoms with Crippen LogP contribution in [0.2, 0.25) is 0 Å². The van der Waals surface area contributed by atoms with Crippen LogP contribution in [0.1, 0.15) is 46.0 Å². The molecule has 0 N–H and O–H groups in total. The molecular weight excluding hydrogens is 202 g/mol. The van der Waals surface area contributed by atoms with Gasteiger partial charge in [0.2, 0.25) is 0 Å². The van der Waals surface area contributed by atoms with Crippen LogP contribution in [0, 0.1) is 0 Å². The Labute approximate surface area is 98.6 Å². The predicted octanol–water partition coefficient (Wildman–Crippen LogP) is 3.15. The number of esters is 1. The number of methoxy groups -OCH3 is 1. The first-order valence-corrected chi connectivity index (χ1v) is 5.96. The molecule has 0 saturated carbocycles. The van der Waals surface area contributed by atoms with Gasteiger partial charge in [0.05, 0.1) is 13.5 Å². The van der Waals surface area contributed by atoms with Gasteiger partial charge >= 0.3 is 5.97 Å². The number of hydrogen-bond donors (Lipinski definition) is 0. The Kier molecular flexibility index (Phi) is 9.67. The van der Waals surface area contributed by atoms with Crippen LogP contribution in [0.5, 0.6) is 0 Å². The van der Waals surface area contributed by atoms with E-state index in [9.17, 15) is 4.79 Å². The molecule has 0 unspecified atom stereocenters. The van der Waals surface area contributed by atoms with Crippen molar-refractivity contribution in [2.45, 2.75) is 46.0 Å². The van der Waals surface area contributed by atoms with Crippen LogP contribution in [0.15, 0.2) is 16.6 Å². The smallest absolute Gasteiger partial charge is 0.310 e. The number of carbonyl (C=O) groups excluding carboxylic acids is 1. The number of unbranched alkanes of at least 4 members (excludes halogenated alkanes) is 3. The summed E-state index contributed by atoms with van der Waals surface area (Å²) in [5, 5.41) is 0. The zero-order valence-electron chi connectivity index (χ0n) is 10.7. The number of nitrogens with zero attached hydrogens (tertiary/aromatic N) is 1. The molecule has 0 aromatic rings. The molecule has 0 amide bonds. The summed E-state index contributed by atoms with van der Waals surface area (Å²) in [6.45, 7) is 4.94. The van der Waals surface area contributed by atoms with E-state index in [1.165, 1.54) is 26.4 Å². The molecule has 0 saturated heterocycles. The van der Waals surface area contributed by atoms with E-state index in [-0.39, 0.29) is 5.97 Å². The third kappa shape index (κ3) is 8.21. The van der Waals surface area contributed by atoms with Crippen molar-refractivity contribution in [3.05, 3.63) is 11.6 Å². The lowest BCUT2D eigenvalue weighted by atomic mass is 10.2. The minimum atomic E-state index is -0.217. The number of ether oxygens (including phenoxy) is 1. The highest BCUT2D eigenvalue weighted by Gasteiger charge is 2.01. The fourth-order valence-corrected chi connectivity index (χ4v) is 1.27. The van der Waals surface area contributed by atoms with Gasteiger partial charge in [-0.25, -0.2) is 0 Å². The van der Waals surface area contributed by atoms with Gasteiger partial charge in [-0.05, 0) is 18.9 Å². The summed E-state index contributed by atoms with van der Waals surface area (Å²) < 4.78 is 4.60. The van der Waals surface area contributed by atoms with Crippen molar-refractivity contribution in [1.29, 1.82) is 0 Å². The van der Waals surface area contributed by atoms with E-state index in [2.05, 4.69) is 16.7 Å². The maximum Gasteiger partial charge on any atom is 0.310 e. The van der Waals surface area contributed by atoms with Gasteiger partial charge in [0.1, 0.15) is 0 Å². The van der Waals surface area contributed by atoms with Gasteiger partial charge in [-0.15, -0.1) is 0 Å². The van der Waals surface area contributed by atoms with Crippen LogP contribution in [-0.4, -0.2) is 25.8 Å². The first-order valence-electron chi connectivity index (χ1n) is 5.96. The van der Waals surface area contributed by atoms with Crippen molar-refractivity contribution in [2.75, 3.05) is 13.7 Å². The van der Waals surface area contributed by atoms with E-state index in [4.69, 9.17) is 0 Å². The maximum atomic E-state index is 11.0. The van der Waals surface area contributed by atoms with Crippen LogP contribution >= 0.6 is 0 Å². The summed E-state index contributed by atoms with van der Waals surface area (Å²) in [7, 11) is 1.40. The Morgan fingerprint density at radius 3 is 2.62 bits per heavy atom. The van der Waals surface area contributed by atoms with Gasteiger partial charge in [0, 0.05) is 12.8 Å². The molecule has 0 aromatic carbocycles. The summed E-state index contributed by atoms with van der Waals surface area (Å²) >= 11 is 0. The Morgan fingerprint density at radius 2 is 2.06 bits per heavy atom. The van der Waals surface area contributed by atoms with E-state index < -0.39 is 0 Å². The second-order valence-corrected chi connectivity index (χ2v) is 3.71. The Balaban J connectivity index is 3.77. The van der Waals surface area contributed by atoms with Crippen LogP contribution in [0.3, 0.4) is 0 Å². The van der Waals surface area contributed by atoms with Gasteiger partial charge in [-0.2, -0.15) is 0 Å². The van der Waals surface area contributed by atoms with Crippen molar-refractivity contribution >= 4 is 12.2 Å². The van der Waals surface area contributed by atoms with Gasteiger partial charge in [0.15, 0.2) is 0 Å². The molecule has 0 rings (SSSR count). The molecule has 0 heterocycles. The predicted molar refractivity (Wildman–Crippen MR) is 67.9 cm³/mol. The third-order valence-electron chi connectivity index (χ3n) is 2.34. The molecule has 0 aliphatic heterocycles. The number of hydrogen-bond acceptors (Lipinski definition) is 3. The largest absolute Gasteiger partial charge is 0.469 e. The van der Waals surface area contributed by atoms with Crippen LogP contribution in [0.4, 0.5) is 0 Å². The molecule has 3 heteroatoms. The minimum absolute atomic E-state index is 0.217. The van der Waals surface area contributed by atoms with Crippen LogP contribution < -0.4 is 0 Å². The lowest BCUT2D eigenvalue weighted by Crippen LogP contribution is -2.02. The number of rotatable bonds is 8. The fourth-order valence-electron chi connectivity index (χ4n) is 1.27. The summed E-state index contributed by atoms with van der Waals surface area (Å²) in [6, 6.07) is 0. The van der Waals surface area contributed by atoms with E-state index in [0.717, 1.165) is 18.5 Å². The normalized spacial score (nSPS) is 12.1. The molecule has 0 atom stereocenters. The number of aliphatic imine (C=N–C) groups is 1. The quantitative estimate of drug-likeness (QED) is 0.361. The monoisotopic (exact) mass is 225 g/mol. The minimum Gasteiger partial charge on any atom is -0.469 e. The molecule has 0 aromatic heterocycles. The molecule has 0 bridgehead atoms. The molecule has 0 fully saturated rings. The lowest BCUT2D eigenvalue weighted by Gasteiger charge is -1.99. The van der Waals surface area contributed by atoms with Crippen molar-refractivity contribution < 1.29 is 9.53 Å². The fraction of sp³-hybridized carbons (Fsp3) is 0.692. The topological polar surface area (TPSA) is 38.7 Å². The average Bonchev–Trinajstić information content (AvgIpc) is 2.31. The standard InChI is InChI=1S/C13H23NO2/c1-4-6-7-8-9-14-11-12(5-2)10-13(15)16-3/h5,11H,4,6-10H2,1-3H3/b12-5+,14-11?. The van der Waals surface area contributed by atoms with E-state index in [0.29, 0.717) is 6.42 Å². The van der Waals surface area contributed by atoms with E-state index in [1.54, 1.807) is 6.21 Å². The molecule has 3 nitrogen and oxygen atoms in total. The zero-order valence-corrected chi connectivity index (χ0v) is 10.7. The molecule has 0 aliphatic carbocycles. The second-order valence-electron chi connectivity index (χ2n) is 3.71. The summed E-state index contributed by atoms with van der Waals surface area (Å²) in [5.74, 6) is -0.217. The van der Waals surface area contributed by atoms with Gasteiger partial charge in [-0.1, -0.05) is 32.3 Å². The molecular formula is C13H23NO2. The van der Waals surface area contributed by atoms with Gasteiger partial charge in [-0.3, -0.25) is 9.79 Å². The summed E-state index contributed by atoms with van der Waals surface area (Å²) in [6.07, 6.45) is 8.86. The van der Waals surface area contributed by atoms with Gasteiger partial charge in [0.25, 0.3) is 0 Å². The van der Waals surface area contributed by atoms with Crippen LogP contribution in [0.25, 0.3) is 0 Å². The molecule has 0 radical (unpaired) electrons. The molecule has 0 spiro atoms. The first kappa shape index (κ1) is 14.9. The van der Waals surface area contributed by atoms with E-state index >= 15 is 0 Å². The Bertz CT molecular complexity index is 244. The van der Waals surface area contributed by atoms with Crippen molar-refractivity contribution in [3.8, 4) is 0 Å². The Morgan fingerprint density at radius 1 is 1.31 bits per heavy atom. The highest BCUT2D eigenvalue weighted by Crippen LogP contribution is 2.01. The maximum absolute atomic E-state index is 11.0. The first-order chi connectivity index (χ1) is 7.74. The summed E-state index contributed by atoms with van der Waals surface area (Å²) in [4.78, 5) is 15.3. The average molecular weight is 225 g/mol. The van der Waals surface area contributed by atoms with Crippen molar-refractivity contribution in [3.63, 3.8) is 0 Å². The molecule has 0 aliphatic rings.